The maximum absolute atomic E-state index is 13.0. The molecule has 1 N–H and O–H groups in total. The maximum atomic E-state index is 13.0. The predicted octanol–water partition coefficient (Wildman–Crippen LogP) is 6.26. The summed E-state index contributed by atoms with van der Waals surface area (Å²) in [5.74, 6) is -0.502. The molecular formula is C27H27ClN2O4. The van der Waals surface area contributed by atoms with Gasteiger partial charge >= 0.3 is 12.1 Å². The van der Waals surface area contributed by atoms with E-state index in [0.29, 0.717) is 17.3 Å². The third-order valence-electron chi connectivity index (χ3n) is 5.74. The second kappa shape index (κ2) is 11.1. The van der Waals surface area contributed by atoms with Crippen molar-refractivity contribution in [1.29, 1.82) is 0 Å². The van der Waals surface area contributed by atoms with E-state index in [9.17, 15) is 9.59 Å². The molecule has 0 saturated heterocycles. The van der Waals surface area contributed by atoms with Crippen LogP contribution in [0.5, 0.6) is 0 Å². The first-order chi connectivity index (χ1) is 16.5. The van der Waals surface area contributed by atoms with Crippen molar-refractivity contribution < 1.29 is 19.1 Å². The van der Waals surface area contributed by atoms with E-state index in [2.05, 4.69) is 22.3 Å². The molecule has 1 atom stereocenters. The Morgan fingerprint density at radius 2 is 1.76 bits per heavy atom. The van der Waals surface area contributed by atoms with E-state index < -0.39 is 18.2 Å². The number of nitrogens with zero attached hydrogens (tertiary/aromatic N) is 1. The summed E-state index contributed by atoms with van der Waals surface area (Å²) >= 11 is 6.09. The highest BCUT2D eigenvalue weighted by molar-refractivity contribution is 6.30. The Bertz CT molecular complexity index is 1150. The van der Waals surface area contributed by atoms with E-state index in [1.165, 1.54) is 5.56 Å². The van der Waals surface area contributed by atoms with Crippen molar-refractivity contribution in [3.8, 4) is 0 Å². The number of aryl methyl sites for hydroxylation is 1. The average molecular weight is 479 g/mol. The number of fused-ring (bicyclic) bond motifs is 1. The summed E-state index contributed by atoms with van der Waals surface area (Å²) in [6, 6.07) is 22.3. The fraction of sp³-hybridized carbons (Fsp3) is 0.259. The van der Waals surface area contributed by atoms with Gasteiger partial charge in [0, 0.05) is 17.3 Å². The molecule has 0 aliphatic carbocycles. The molecule has 176 valence electrons. The number of ether oxygens (including phenoxy) is 2. The summed E-state index contributed by atoms with van der Waals surface area (Å²) < 4.78 is 11.0. The van der Waals surface area contributed by atoms with Crippen molar-refractivity contribution in [3.63, 3.8) is 0 Å². The highest BCUT2D eigenvalue weighted by atomic mass is 35.5. The van der Waals surface area contributed by atoms with Gasteiger partial charge in [0.1, 0.15) is 6.10 Å². The zero-order valence-corrected chi connectivity index (χ0v) is 19.8. The minimum atomic E-state index is -0.651. The second-order valence-corrected chi connectivity index (χ2v) is 8.45. The lowest BCUT2D eigenvalue weighted by Crippen LogP contribution is -2.35. The summed E-state index contributed by atoms with van der Waals surface area (Å²) in [4.78, 5) is 27.5. The molecule has 7 heteroatoms. The molecule has 3 aromatic rings. The number of rotatable bonds is 7. The van der Waals surface area contributed by atoms with Crippen LogP contribution in [0.3, 0.4) is 0 Å². The van der Waals surface area contributed by atoms with Crippen LogP contribution in [0.4, 0.5) is 16.2 Å². The van der Waals surface area contributed by atoms with E-state index in [4.69, 9.17) is 21.1 Å². The quantitative estimate of drug-likeness (QED) is 0.406. The summed E-state index contributed by atoms with van der Waals surface area (Å²) in [6.45, 7) is 3.34. The molecule has 6 nitrogen and oxygen atoms in total. The fourth-order valence-electron chi connectivity index (χ4n) is 4.14. The molecule has 0 saturated carbocycles. The van der Waals surface area contributed by atoms with Crippen LogP contribution in [-0.4, -0.2) is 31.8 Å². The van der Waals surface area contributed by atoms with Gasteiger partial charge in [0.2, 0.25) is 0 Å². The SMILES string of the molecule is CCOC(=O)c1ccccc1NC(=O)OC(CN1CCCc2ccccc21)c1ccc(Cl)cc1. The van der Waals surface area contributed by atoms with Crippen LogP contribution < -0.4 is 10.2 Å². The lowest BCUT2D eigenvalue weighted by molar-refractivity contribution is 0.0527. The summed E-state index contributed by atoms with van der Waals surface area (Å²) in [5.41, 5.74) is 3.89. The number of benzene rings is 3. The zero-order chi connectivity index (χ0) is 23.9. The highest BCUT2D eigenvalue weighted by Crippen LogP contribution is 2.30. The van der Waals surface area contributed by atoms with Gasteiger partial charge in [0.15, 0.2) is 0 Å². The van der Waals surface area contributed by atoms with E-state index >= 15 is 0 Å². The number of nitrogens with one attached hydrogen (secondary N) is 1. The first-order valence-electron chi connectivity index (χ1n) is 11.4. The van der Waals surface area contributed by atoms with Crippen LogP contribution in [0.25, 0.3) is 0 Å². The molecule has 1 aliphatic rings. The molecule has 0 radical (unpaired) electrons. The molecule has 1 amide bonds. The number of esters is 1. The zero-order valence-electron chi connectivity index (χ0n) is 19.0. The minimum absolute atomic E-state index is 0.244. The van der Waals surface area contributed by atoms with Crippen molar-refractivity contribution in [1.82, 2.24) is 0 Å². The van der Waals surface area contributed by atoms with Gasteiger partial charge in [-0.25, -0.2) is 9.59 Å². The van der Waals surface area contributed by atoms with Gasteiger partial charge in [-0.1, -0.05) is 54.1 Å². The normalized spacial score (nSPS) is 13.5. The predicted molar refractivity (Wildman–Crippen MR) is 134 cm³/mol. The Hall–Kier alpha value is -3.51. The van der Waals surface area contributed by atoms with Gasteiger partial charge < -0.3 is 14.4 Å². The number of halogens is 1. The largest absolute Gasteiger partial charge is 0.462 e. The van der Waals surface area contributed by atoms with Crippen LogP contribution >= 0.6 is 11.6 Å². The van der Waals surface area contributed by atoms with Crippen LogP contribution in [0, 0.1) is 0 Å². The van der Waals surface area contributed by atoms with Gasteiger partial charge in [0.05, 0.1) is 24.4 Å². The van der Waals surface area contributed by atoms with Gasteiger partial charge in [-0.05, 0) is 61.2 Å². The van der Waals surface area contributed by atoms with Crippen LogP contribution in [0.15, 0.2) is 72.8 Å². The average Bonchev–Trinajstić information content (AvgIpc) is 2.85. The third kappa shape index (κ3) is 5.69. The lowest BCUT2D eigenvalue weighted by atomic mass is 10.0. The molecule has 0 bridgehead atoms. The van der Waals surface area contributed by atoms with Crippen LogP contribution in [-0.2, 0) is 15.9 Å². The molecule has 34 heavy (non-hydrogen) atoms. The van der Waals surface area contributed by atoms with E-state index in [1.807, 2.05) is 24.3 Å². The molecule has 3 aromatic carbocycles. The standard InChI is InChI=1S/C27H27ClN2O4/c1-2-33-26(31)22-10-4-5-11-23(22)29-27(32)34-25(20-13-15-21(28)16-14-20)18-30-17-7-9-19-8-3-6-12-24(19)30/h3-6,8,10-16,25H,2,7,9,17-18H2,1H3,(H,29,32). The molecule has 0 aromatic heterocycles. The number of para-hydroxylation sites is 2. The van der Waals surface area contributed by atoms with Gasteiger partial charge in [-0.3, -0.25) is 5.32 Å². The van der Waals surface area contributed by atoms with E-state index in [-0.39, 0.29) is 12.2 Å². The first kappa shape index (κ1) is 23.6. The summed E-state index contributed by atoms with van der Waals surface area (Å²) in [6.07, 6.45) is 0.869. The van der Waals surface area contributed by atoms with Gasteiger partial charge in [-0.15, -0.1) is 0 Å². The first-order valence-corrected chi connectivity index (χ1v) is 11.7. The fourth-order valence-corrected chi connectivity index (χ4v) is 4.26. The Labute approximate surface area is 204 Å². The van der Waals surface area contributed by atoms with Crippen molar-refractivity contribution in [2.24, 2.45) is 0 Å². The highest BCUT2D eigenvalue weighted by Gasteiger charge is 2.25. The third-order valence-corrected chi connectivity index (χ3v) is 5.99. The summed E-state index contributed by atoms with van der Waals surface area (Å²) in [5, 5.41) is 3.32. The number of carbonyl (C=O) groups excluding carboxylic acids is 2. The molecule has 1 unspecified atom stereocenters. The van der Waals surface area contributed by atoms with Crippen LogP contribution in [0.1, 0.15) is 40.9 Å². The Balaban J connectivity index is 1.55. The lowest BCUT2D eigenvalue weighted by Gasteiger charge is -2.34. The van der Waals surface area contributed by atoms with Crippen molar-refractivity contribution in [2.75, 3.05) is 29.9 Å². The van der Waals surface area contributed by atoms with Gasteiger partial charge in [-0.2, -0.15) is 0 Å². The minimum Gasteiger partial charge on any atom is -0.462 e. The molecule has 0 spiro atoms. The van der Waals surface area contributed by atoms with Crippen LogP contribution in [0.2, 0.25) is 5.02 Å². The monoisotopic (exact) mass is 478 g/mol. The van der Waals surface area contributed by atoms with Crippen molar-refractivity contribution in [2.45, 2.75) is 25.9 Å². The number of hydrogen-bond donors (Lipinski definition) is 1. The number of anilines is 2. The summed E-state index contributed by atoms with van der Waals surface area (Å²) in [7, 11) is 0. The Morgan fingerprint density at radius 1 is 1.03 bits per heavy atom. The molecule has 0 fully saturated rings. The van der Waals surface area contributed by atoms with E-state index in [0.717, 1.165) is 30.6 Å². The second-order valence-electron chi connectivity index (χ2n) is 8.01. The molecule has 1 heterocycles. The van der Waals surface area contributed by atoms with E-state index in [1.54, 1.807) is 43.3 Å². The van der Waals surface area contributed by atoms with Gasteiger partial charge in [0.25, 0.3) is 0 Å². The molecule has 1 aliphatic heterocycles. The number of hydrogen-bond acceptors (Lipinski definition) is 5. The topological polar surface area (TPSA) is 67.9 Å². The van der Waals surface area contributed by atoms with Crippen molar-refractivity contribution >= 4 is 35.0 Å². The Kier molecular flexibility index (Phi) is 7.70. The smallest absolute Gasteiger partial charge is 0.412 e. The molecular weight excluding hydrogens is 452 g/mol. The number of amides is 1. The van der Waals surface area contributed by atoms with Crippen molar-refractivity contribution in [3.05, 3.63) is 94.5 Å². The maximum Gasteiger partial charge on any atom is 0.412 e. The Morgan fingerprint density at radius 3 is 2.56 bits per heavy atom. The molecule has 4 rings (SSSR count). The number of carbonyl (C=O) groups is 2.